The molecule has 0 bridgehead atoms. The molecule has 0 saturated carbocycles. The maximum Gasteiger partial charge on any atom is 0.266 e. The number of halogens is 4. The number of carbonyl (C=O) groups is 2. The summed E-state index contributed by atoms with van der Waals surface area (Å²) < 4.78 is 53.8. The number of benzene rings is 2. The van der Waals surface area contributed by atoms with Crippen molar-refractivity contribution in [1.29, 1.82) is 0 Å². The number of thiocarbonyl (C=S) groups is 1. The molecule has 1 aliphatic rings. The standard InChI is InChI=1S/C19H12F4N2O2S2/c1-2-25-18(27)13(29-19(25)28)7-9-3-5-10(6-4-9)24-17(26)11-8-12(20)15(22)16(23)14(11)21/h3-8H,2H2,1H3,(H,24,26)/b13-7-. The smallest absolute Gasteiger partial charge is 0.266 e. The summed E-state index contributed by atoms with van der Waals surface area (Å²) in [6.45, 7) is 2.28. The van der Waals surface area contributed by atoms with Crippen LogP contribution in [0.3, 0.4) is 0 Å². The number of nitrogens with one attached hydrogen (secondary N) is 1. The summed E-state index contributed by atoms with van der Waals surface area (Å²) in [5.74, 6) is -8.84. The Morgan fingerprint density at radius 3 is 2.38 bits per heavy atom. The van der Waals surface area contributed by atoms with Crippen LogP contribution in [0.2, 0.25) is 0 Å². The van der Waals surface area contributed by atoms with Crippen LogP contribution in [0.1, 0.15) is 22.8 Å². The first kappa shape index (κ1) is 21.0. The van der Waals surface area contributed by atoms with Crippen LogP contribution in [0.25, 0.3) is 6.08 Å². The third kappa shape index (κ3) is 4.18. The van der Waals surface area contributed by atoms with Crippen molar-refractivity contribution in [3.63, 3.8) is 0 Å². The lowest BCUT2D eigenvalue weighted by Gasteiger charge is -2.09. The Morgan fingerprint density at radius 2 is 1.79 bits per heavy atom. The van der Waals surface area contributed by atoms with Gasteiger partial charge in [0.25, 0.3) is 11.8 Å². The lowest BCUT2D eigenvalue weighted by atomic mass is 10.1. The summed E-state index contributed by atoms with van der Waals surface area (Å²) in [4.78, 5) is 26.2. The van der Waals surface area contributed by atoms with Gasteiger partial charge in [-0.05, 0) is 36.8 Å². The molecular formula is C19H12F4N2O2S2. The molecule has 1 fully saturated rings. The number of hydrogen-bond acceptors (Lipinski definition) is 4. The van der Waals surface area contributed by atoms with Crippen molar-refractivity contribution in [2.24, 2.45) is 0 Å². The maximum absolute atomic E-state index is 13.7. The fourth-order valence-corrected chi connectivity index (χ4v) is 3.91. The molecule has 2 aromatic rings. The summed E-state index contributed by atoms with van der Waals surface area (Å²) in [5, 5.41) is 2.27. The van der Waals surface area contributed by atoms with Crippen LogP contribution < -0.4 is 5.32 Å². The Morgan fingerprint density at radius 1 is 1.14 bits per heavy atom. The van der Waals surface area contributed by atoms with E-state index in [0.29, 0.717) is 21.3 Å². The van der Waals surface area contributed by atoms with Crippen LogP contribution in [0.5, 0.6) is 0 Å². The van der Waals surface area contributed by atoms with Crippen molar-refractivity contribution in [2.75, 3.05) is 11.9 Å². The van der Waals surface area contributed by atoms with Crippen LogP contribution >= 0.6 is 24.0 Å². The minimum Gasteiger partial charge on any atom is -0.322 e. The van der Waals surface area contributed by atoms with Crippen molar-refractivity contribution in [1.82, 2.24) is 4.90 Å². The van der Waals surface area contributed by atoms with E-state index in [1.54, 1.807) is 18.2 Å². The number of anilines is 1. The van der Waals surface area contributed by atoms with Crippen molar-refractivity contribution >= 4 is 51.9 Å². The molecule has 0 radical (unpaired) electrons. The van der Waals surface area contributed by atoms with Crippen LogP contribution in [0, 0.1) is 23.3 Å². The first-order valence-corrected chi connectivity index (χ1v) is 9.45. The number of hydrogen-bond donors (Lipinski definition) is 1. The molecule has 29 heavy (non-hydrogen) atoms. The second-order valence-electron chi connectivity index (χ2n) is 5.85. The largest absolute Gasteiger partial charge is 0.322 e. The Hall–Kier alpha value is -2.72. The molecule has 150 valence electrons. The van der Waals surface area contributed by atoms with Gasteiger partial charge in [-0.2, -0.15) is 0 Å². The highest BCUT2D eigenvalue weighted by atomic mass is 32.2. The van der Waals surface area contributed by atoms with E-state index < -0.39 is 34.7 Å². The quantitative estimate of drug-likeness (QED) is 0.246. The van der Waals surface area contributed by atoms with E-state index in [9.17, 15) is 27.2 Å². The molecule has 10 heteroatoms. The van der Waals surface area contributed by atoms with Crippen LogP contribution in [-0.4, -0.2) is 27.6 Å². The Balaban J connectivity index is 1.77. The molecule has 1 heterocycles. The molecule has 2 aromatic carbocycles. The average molecular weight is 440 g/mol. The van der Waals surface area contributed by atoms with Gasteiger partial charge in [0.15, 0.2) is 23.3 Å². The Kier molecular flexibility index (Phi) is 6.04. The minimum absolute atomic E-state index is 0.198. The van der Waals surface area contributed by atoms with Crippen LogP contribution in [-0.2, 0) is 4.79 Å². The molecule has 0 aliphatic carbocycles. The normalized spacial score (nSPS) is 15.3. The van der Waals surface area contributed by atoms with Crippen molar-refractivity contribution in [3.05, 3.63) is 69.6 Å². The number of likely N-dealkylation sites (N-methyl/N-ethyl adjacent to an activating group) is 1. The van der Waals surface area contributed by atoms with Gasteiger partial charge in [0.1, 0.15) is 4.32 Å². The monoisotopic (exact) mass is 440 g/mol. The third-order valence-corrected chi connectivity index (χ3v) is 5.38. The van der Waals surface area contributed by atoms with E-state index in [0.717, 1.165) is 0 Å². The highest BCUT2D eigenvalue weighted by molar-refractivity contribution is 8.26. The number of nitrogens with zero attached hydrogens (tertiary/aromatic N) is 1. The lowest BCUT2D eigenvalue weighted by molar-refractivity contribution is -0.121. The van der Waals surface area contributed by atoms with Crippen molar-refractivity contribution in [3.8, 4) is 0 Å². The molecule has 0 atom stereocenters. The van der Waals surface area contributed by atoms with Gasteiger partial charge in [-0.25, -0.2) is 17.6 Å². The molecule has 3 rings (SSSR count). The minimum atomic E-state index is -2.06. The first-order chi connectivity index (χ1) is 13.7. The second kappa shape index (κ2) is 8.34. The number of amides is 2. The zero-order chi connectivity index (χ0) is 21.3. The molecule has 2 amide bonds. The van der Waals surface area contributed by atoms with Gasteiger partial charge in [0.2, 0.25) is 0 Å². The van der Waals surface area contributed by atoms with Crippen molar-refractivity contribution < 1.29 is 27.2 Å². The topological polar surface area (TPSA) is 49.4 Å². The van der Waals surface area contributed by atoms with Gasteiger partial charge in [0.05, 0.1) is 10.5 Å². The van der Waals surface area contributed by atoms with Gasteiger partial charge >= 0.3 is 0 Å². The lowest BCUT2D eigenvalue weighted by Crippen LogP contribution is -2.27. The molecule has 4 nitrogen and oxygen atoms in total. The highest BCUT2D eigenvalue weighted by Crippen LogP contribution is 2.32. The zero-order valence-electron chi connectivity index (χ0n) is 14.8. The molecule has 0 aromatic heterocycles. The van der Waals surface area contributed by atoms with Gasteiger partial charge in [-0.15, -0.1) is 0 Å². The van der Waals surface area contributed by atoms with Gasteiger partial charge in [-0.1, -0.05) is 36.1 Å². The Bertz CT molecular complexity index is 1060. The first-order valence-electron chi connectivity index (χ1n) is 8.22. The molecule has 1 N–H and O–H groups in total. The fourth-order valence-electron chi connectivity index (χ4n) is 2.52. The van der Waals surface area contributed by atoms with E-state index >= 15 is 0 Å². The predicted octanol–water partition coefficient (Wildman–Crippen LogP) is 4.72. The summed E-state index contributed by atoms with van der Waals surface area (Å²) in [6, 6.07) is 6.36. The van der Waals surface area contributed by atoms with E-state index in [2.05, 4.69) is 5.32 Å². The van der Waals surface area contributed by atoms with Gasteiger partial charge in [-0.3, -0.25) is 14.5 Å². The molecule has 1 saturated heterocycles. The molecule has 0 unspecified atom stereocenters. The number of carbonyl (C=O) groups excluding carboxylic acids is 2. The van der Waals surface area contributed by atoms with E-state index in [1.807, 2.05) is 6.92 Å². The fraction of sp³-hybridized carbons (Fsp3) is 0.105. The number of rotatable bonds is 4. The van der Waals surface area contributed by atoms with Gasteiger partial charge < -0.3 is 5.32 Å². The van der Waals surface area contributed by atoms with Gasteiger partial charge in [0, 0.05) is 12.2 Å². The van der Waals surface area contributed by atoms with Crippen LogP contribution in [0.4, 0.5) is 23.2 Å². The van der Waals surface area contributed by atoms with Crippen LogP contribution in [0.15, 0.2) is 35.2 Å². The van der Waals surface area contributed by atoms with E-state index in [1.165, 1.54) is 28.8 Å². The van der Waals surface area contributed by atoms with E-state index in [-0.39, 0.29) is 17.7 Å². The number of thioether (sulfide) groups is 1. The molecule has 0 spiro atoms. The zero-order valence-corrected chi connectivity index (χ0v) is 16.4. The maximum atomic E-state index is 13.7. The highest BCUT2D eigenvalue weighted by Gasteiger charge is 2.30. The Labute approximate surface area is 172 Å². The summed E-state index contributed by atoms with van der Waals surface area (Å²) in [7, 11) is 0. The molecule has 1 aliphatic heterocycles. The molecular weight excluding hydrogens is 428 g/mol. The summed E-state index contributed by atoms with van der Waals surface area (Å²) >= 11 is 6.31. The predicted molar refractivity (Wildman–Crippen MR) is 106 cm³/mol. The van der Waals surface area contributed by atoms with Crippen molar-refractivity contribution in [2.45, 2.75) is 6.92 Å². The SMILES string of the molecule is CCN1C(=O)/C(=C/c2ccc(NC(=O)c3cc(F)c(F)c(F)c3F)cc2)SC1=S. The summed E-state index contributed by atoms with van der Waals surface area (Å²) in [5.41, 5.74) is -0.115. The second-order valence-corrected chi connectivity index (χ2v) is 7.53. The summed E-state index contributed by atoms with van der Waals surface area (Å²) in [6.07, 6.45) is 1.63. The average Bonchev–Trinajstić information content (AvgIpc) is 2.96. The third-order valence-electron chi connectivity index (χ3n) is 4.00. The van der Waals surface area contributed by atoms with E-state index in [4.69, 9.17) is 12.2 Å².